The molecule has 1 fully saturated rings. The normalized spacial score (nSPS) is 25.3. The Balaban J connectivity index is 2.37. The minimum Gasteiger partial charge on any atom is -0.444 e. The van der Waals surface area contributed by atoms with Crippen LogP contribution in [0.25, 0.3) is 0 Å². The summed E-state index contributed by atoms with van der Waals surface area (Å²) in [6.45, 7) is 7.56. The first kappa shape index (κ1) is 15.2. The van der Waals surface area contributed by atoms with Crippen LogP contribution in [0.5, 0.6) is 0 Å². The van der Waals surface area contributed by atoms with E-state index in [0.29, 0.717) is 19.8 Å². The molecule has 0 aromatic heterocycles. The molecule has 1 heterocycles. The van der Waals surface area contributed by atoms with Crippen molar-refractivity contribution in [3.05, 3.63) is 0 Å². The van der Waals surface area contributed by atoms with Gasteiger partial charge in [0.05, 0.1) is 0 Å². The van der Waals surface area contributed by atoms with E-state index in [1.807, 2.05) is 20.8 Å². The van der Waals surface area contributed by atoms with Gasteiger partial charge in [0.15, 0.2) is 0 Å². The number of nitrogens with one attached hydrogen (secondary N) is 1. The van der Waals surface area contributed by atoms with Gasteiger partial charge in [-0.2, -0.15) is 0 Å². The first-order chi connectivity index (χ1) is 8.42. The van der Waals surface area contributed by atoms with Gasteiger partial charge in [0.2, 0.25) is 0 Å². The van der Waals surface area contributed by atoms with E-state index in [0.717, 1.165) is 12.8 Å². The van der Waals surface area contributed by atoms with Crippen molar-refractivity contribution in [1.29, 1.82) is 0 Å². The molecule has 5 heteroatoms. The average molecular weight is 259 g/mol. The molecule has 2 atom stereocenters. The number of ether oxygens (including phenoxy) is 2. The minimum absolute atomic E-state index is 0.143. The molecule has 0 unspecified atom stereocenters. The van der Waals surface area contributed by atoms with Gasteiger partial charge in [-0.25, -0.2) is 4.79 Å². The van der Waals surface area contributed by atoms with Crippen LogP contribution in [0.2, 0.25) is 0 Å². The molecule has 18 heavy (non-hydrogen) atoms. The maximum Gasteiger partial charge on any atom is 0.407 e. The number of aliphatic hydroxyl groups excluding tert-OH is 1. The fraction of sp³-hybridized carbons (Fsp3) is 0.923. The molecule has 2 N–H and O–H groups in total. The summed E-state index contributed by atoms with van der Waals surface area (Å²) in [6, 6.07) is 0. The second kappa shape index (κ2) is 6.95. The van der Waals surface area contributed by atoms with E-state index in [-0.39, 0.29) is 18.4 Å². The molecule has 5 nitrogen and oxygen atoms in total. The quantitative estimate of drug-likeness (QED) is 0.807. The van der Waals surface area contributed by atoms with Gasteiger partial charge in [-0.3, -0.25) is 0 Å². The third-order valence-corrected chi connectivity index (χ3v) is 3.07. The SMILES string of the molecule is CC(C)(C)OC(=O)NC[C@@H]1CCOCC[C@@H]1CO. The van der Waals surface area contributed by atoms with Crippen LogP contribution in [0.3, 0.4) is 0 Å². The lowest BCUT2D eigenvalue weighted by Crippen LogP contribution is -2.37. The molecule has 0 aliphatic carbocycles. The molecule has 1 rings (SSSR count). The monoisotopic (exact) mass is 259 g/mol. The molecule has 106 valence electrons. The van der Waals surface area contributed by atoms with E-state index < -0.39 is 11.7 Å². The maximum atomic E-state index is 11.6. The lowest BCUT2D eigenvalue weighted by atomic mass is 9.88. The highest BCUT2D eigenvalue weighted by Crippen LogP contribution is 2.22. The molecule has 0 saturated carbocycles. The fourth-order valence-electron chi connectivity index (χ4n) is 2.08. The standard InChI is InChI=1S/C13H25NO4/c1-13(2,3)18-12(16)14-8-10-4-6-17-7-5-11(10)9-15/h10-11,15H,4-9H2,1-3H3,(H,14,16)/t10-,11+/m0/s1. The van der Waals surface area contributed by atoms with Crippen molar-refractivity contribution in [2.24, 2.45) is 11.8 Å². The number of amides is 1. The molecule has 0 aromatic rings. The van der Waals surface area contributed by atoms with Gasteiger partial charge >= 0.3 is 6.09 Å². The molecule has 0 spiro atoms. The molecule has 0 bridgehead atoms. The zero-order valence-corrected chi connectivity index (χ0v) is 11.6. The van der Waals surface area contributed by atoms with E-state index in [2.05, 4.69) is 5.32 Å². The third-order valence-electron chi connectivity index (χ3n) is 3.07. The van der Waals surface area contributed by atoms with Gasteiger partial charge in [0.1, 0.15) is 5.60 Å². The fourth-order valence-corrected chi connectivity index (χ4v) is 2.08. The van der Waals surface area contributed by atoms with E-state index in [9.17, 15) is 9.90 Å². The van der Waals surface area contributed by atoms with Gasteiger partial charge in [0.25, 0.3) is 0 Å². The van der Waals surface area contributed by atoms with Crippen molar-refractivity contribution in [3.8, 4) is 0 Å². The third kappa shape index (κ3) is 5.69. The van der Waals surface area contributed by atoms with E-state index in [4.69, 9.17) is 9.47 Å². The average Bonchev–Trinajstić information content (AvgIpc) is 2.48. The lowest BCUT2D eigenvalue weighted by molar-refractivity contribution is 0.0504. The largest absolute Gasteiger partial charge is 0.444 e. The first-order valence-electron chi connectivity index (χ1n) is 6.58. The molecule has 0 aromatic carbocycles. The minimum atomic E-state index is -0.479. The van der Waals surface area contributed by atoms with E-state index >= 15 is 0 Å². The van der Waals surface area contributed by atoms with Crippen LogP contribution in [0, 0.1) is 11.8 Å². The Kier molecular flexibility index (Phi) is 5.88. The second-order valence-electron chi connectivity index (χ2n) is 5.78. The van der Waals surface area contributed by atoms with Gasteiger partial charge in [-0.15, -0.1) is 0 Å². The highest BCUT2D eigenvalue weighted by Gasteiger charge is 2.24. The molecule has 1 saturated heterocycles. The van der Waals surface area contributed by atoms with Crippen LogP contribution in [-0.4, -0.2) is 43.2 Å². The van der Waals surface area contributed by atoms with Gasteiger partial charge in [-0.05, 0) is 45.4 Å². The Labute approximate surface area is 109 Å². The second-order valence-corrected chi connectivity index (χ2v) is 5.78. The summed E-state index contributed by atoms with van der Waals surface area (Å²) in [6.07, 6.45) is 1.31. The topological polar surface area (TPSA) is 67.8 Å². The molecule has 1 amide bonds. The Hall–Kier alpha value is -0.810. The van der Waals surface area contributed by atoms with Crippen LogP contribution >= 0.6 is 0 Å². The Bertz CT molecular complexity index is 262. The Morgan fingerprint density at radius 1 is 1.33 bits per heavy atom. The highest BCUT2D eigenvalue weighted by molar-refractivity contribution is 5.67. The van der Waals surface area contributed by atoms with Crippen molar-refractivity contribution in [2.75, 3.05) is 26.4 Å². The summed E-state index contributed by atoms with van der Waals surface area (Å²) in [4.78, 5) is 11.6. The smallest absolute Gasteiger partial charge is 0.407 e. The van der Waals surface area contributed by atoms with Gasteiger partial charge in [0, 0.05) is 26.4 Å². The van der Waals surface area contributed by atoms with Crippen molar-refractivity contribution in [1.82, 2.24) is 5.32 Å². The molecular weight excluding hydrogens is 234 g/mol. The van der Waals surface area contributed by atoms with Crippen LogP contribution < -0.4 is 5.32 Å². The summed E-state index contributed by atoms with van der Waals surface area (Å²) in [5, 5.41) is 12.1. The zero-order valence-electron chi connectivity index (χ0n) is 11.6. The first-order valence-corrected chi connectivity index (χ1v) is 6.58. The number of hydrogen-bond acceptors (Lipinski definition) is 4. The number of alkyl carbamates (subject to hydrolysis) is 1. The number of hydrogen-bond donors (Lipinski definition) is 2. The summed E-state index contributed by atoms with van der Waals surface area (Å²) >= 11 is 0. The number of aliphatic hydroxyl groups is 1. The summed E-state index contributed by atoms with van der Waals surface area (Å²) in [5.74, 6) is 0.451. The molecular formula is C13H25NO4. The Morgan fingerprint density at radius 2 is 1.94 bits per heavy atom. The van der Waals surface area contributed by atoms with E-state index in [1.54, 1.807) is 0 Å². The van der Waals surface area contributed by atoms with Crippen LogP contribution in [0.4, 0.5) is 4.79 Å². The molecule has 1 aliphatic rings. The number of rotatable bonds is 3. The predicted molar refractivity (Wildman–Crippen MR) is 68.4 cm³/mol. The lowest BCUT2D eigenvalue weighted by Gasteiger charge is -2.24. The van der Waals surface area contributed by atoms with Crippen molar-refractivity contribution in [2.45, 2.75) is 39.2 Å². The Morgan fingerprint density at radius 3 is 2.50 bits per heavy atom. The summed E-state index contributed by atoms with van der Waals surface area (Å²) < 4.78 is 10.6. The zero-order chi connectivity index (χ0) is 13.6. The highest BCUT2D eigenvalue weighted by atomic mass is 16.6. The summed E-state index contributed by atoms with van der Waals surface area (Å²) in [7, 11) is 0. The van der Waals surface area contributed by atoms with Crippen molar-refractivity contribution < 1.29 is 19.4 Å². The maximum absolute atomic E-state index is 11.6. The van der Waals surface area contributed by atoms with Crippen LogP contribution in [0.15, 0.2) is 0 Å². The van der Waals surface area contributed by atoms with Crippen LogP contribution in [0.1, 0.15) is 33.6 Å². The predicted octanol–water partition coefficient (Wildman–Crippen LogP) is 1.55. The van der Waals surface area contributed by atoms with Crippen LogP contribution in [-0.2, 0) is 9.47 Å². The van der Waals surface area contributed by atoms with Gasteiger partial charge in [-0.1, -0.05) is 0 Å². The summed E-state index contributed by atoms with van der Waals surface area (Å²) in [5.41, 5.74) is -0.479. The molecule has 0 radical (unpaired) electrons. The van der Waals surface area contributed by atoms with Crippen molar-refractivity contribution >= 4 is 6.09 Å². The van der Waals surface area contributed by atoms with Crippen molar-refractivity contribution in [3.63, 3.8) is 0 Å². The van der Waals surface area contributed by atoms with Gasteiger partial charge < -0.3 is 19.9 Å². The number of carbonyl (C=O) groups is 1. The van der Waals surface area contributed by atoms with E-state index in [1.165, 1.54) is 0 Å². The molecule has 1 aliphatic heterocycles. The number of carbonyl (C=O) groups excluding carboxylic acids is 1.